The second-order valence-corrected chi connectivity index (χ2v) is 4.60. The van der Waals surface area contributed by atoms with Gasteiger partial charge in [-0.25, -0.2) is 5.84 Å². The Kier molecular flexibility index (Phi) is 6.96. The highest BCUT2D eigenvalue weighted by atomic mass is 16.5. The van der Waals surface area contributed by atoms with Crippen molar-refractivity contribution in [3.05, 3.63) is 0 Å². The van der Waals surface area contributed by atoms with Crippen molar-refractivity contribution in [1.29, 1.82) is 0 Å². The highest BCUT2D eigenvalue weighted by Crippen LogP contribution is 2.17. The number of nitrogens with zero attached hydrogens (tertiary/aromatic N) is 4. The maximum Gasteiger partial charge on any atom is 0.323 e. The van der Waals surface area contributed by atoms with E-state index in [2.05, 4.69) is 20.4 Å². The lowest BCUT2D eigenvalue weighted by molar-refractivity contribution is 0.286. The molecule has 0 aliphatic carbocycles. The van der Waals surface area contributed by atoms with Gasteiger partial charge in [0, 0.05) is 19.2 Å². The van der Waals surface area contributed by atoms with E-state index < -0.39 is 0 Å². The lowest BCUT2D eigenvalue weighted by Gasteiger charge is -2.26. The molecule has 0 radical (unpaired) electrons. The highest BCUT2D eigenvalue weighted by Gasteiger charge is 2.16. The first-order valence-electron chi connectivity index (χ1n) is 6.85. The summed E-state index contributed by atoms with van der Waals surface area (Å²) in [5.41, 5.74) is 2.42. The number of hydrazine groups is 1. The zero-order chi connectivity index (χ0) is 15.0. The molecule has 20 heavy (non-hydrogen) atoms. The van der Waals surface area contributed by atoms with E-state index in [1.807, 2.05) is 25.7 Å². The van der Waals surface area contributed by atoms with E-state index in [-0.39, 0.29) is 24.6 Å². The van der Waals surface area contributed by atoms with Crippen LogP contribution in [0.2, 0.25) is 0 Å². The van der Waals surface area contributed by atoms with E-state index >= 15 is 0 Å². The van der Waals surface area contributed by atoms with E-state index in [0.717, 1.165) is 6.42 Å². The Labute approximate surface area is 119 Å². The average Bonchev–Trinajstić information content (AvgIpc) is 2.45. The van der Waals surface area contributed by atoms with Crippen LogP contribution in [0.25, 0.3) is 0 Å². The van der Waals surface area contributed by atoms with Crippen molar-refractivity contribution in [2.75, 3.05) is 30.1 Å². The quantitative estimate of drug-likeness (QED) is 0.445. The monoisotopic (exact) mass is 284 g/mol. The second-order valence-electron chi connectivity index (χ2n) is 4.60. The van der Waals surface area contributed by atoms with Crippen molar-refractivity contribution >= 4 is 11.9 Å². The topological polar surface area (TPSA) is 109 Å². The summed E-state index contributed by atoms with van der Waals surface area (Å²) in [6.07, 6.45) is 1.51. The molecule has 0 amide bonds. The van der Waals surface area contributed by atoms with Gasteiger partial charge in [0.05, 0.1) is 6.61 Å². The molecule has 8 nitrogen and oxygen atoms in total. The smallest absolute Gasteiger partial charge is 0.323 e. The fourth-order valence-corrected chi connectivity index (χ4v) is 1.63. The van der Waals surface area contributed by atoms with Crippen LogP contribution >= 0.6 is 0 Å². The Bertz CT molecular complexity index is 402. The molecule has 1 aromatic rings. The van der Waals surface area contributed by atoms with Crippen LogP contribution in [0.1, 0.15) is 33.6 Å². The van der Waals surface area contributed by atoms with Gasteiger partial charge in [-0.2, -0.15) is 15.0 Å². The van der Waals surface area contributed by atoms with Crippen molar-refractivity contribution in [3.8, 4) is 6.01 Å². The number of hydrogen-bond acceptors (Lipinski definition) is 8. The van der Waals surface area contributed by atoms with Crippen LogP contribution in [0, 0.1) is 0 Å². The van der Waals surface area contributed by atoms with Gasteiger partial charge in [0.1, 0.15) is 0 Å². The van der Waals surface area contributed by atoms with E-state index in [0.29, 0.717) is 25.5 Å². The fourth-order valence-electron chi connectivity index (χ4n) is 1.63. The first-order valence-corrected chi connectivity index (χ1v) is 6.85. The Morgan fingerprint density at radius 2 is 2.10 bits per heavy atom. The second kappa shape index (κ2) is 8.49. The summed E-state index contributed by atoms with van der Waals surface area (Å²) < 4.78 is 5.44. The van der Waals surface area contributed by atoms with Gasteiger partial charge in [-0.15, -0.1) is 0 Å². The van der Waals surface area contributed by atoms with Gasteiger partial charge in [-0.3, -0.25) is 5.43 Å². The molecule has 8 heteroatoms. The summed E-state index contributed by atoms with van der Waals surface area (Å²) in [5.74, 6) is 6.12. The van der Waals surface area contributed by atoms with Gasteiger partial charge in [0.25, 0.3) is 0 Å². The maximum atomic E-state index is 8.98. The zero-order valence-electron chi connectivity index (χ0n) is 12.3. The summed E-state index contributed by atoms with van der Waals surface area (Å²) in [5, 5.41) is 8.98. The van der Waals surface area contributed by atoms with Gasteiger partial charge >= 0.3 is 6.01 Å². The molecule has 1 rings (SSSR count). The molecular formula is C12H24N6O2. The molecule has 114 valence electrons. The molecule has 0 bridgehead atoms. The summed E-state index contributed by atoms with van der Waals surface area (Å²) in [4.78, 5) is 14.6. The van der Waals surface area contributed by atoms with Crippen LogP contribution in [0.4, 0.5) is 11.9 Å². The normalized spacial score (nSPS) is 10.7. The number of aliphatic hydroxyl groups is 1. The number of aliphatic hydroxyl groups excluding tert-OH is 1. The first-order chi connectivity index (χ1) is 9.62. The van der Waals surface area contributed by atoms with Crippen molar-refractivity contribution in [2.24, 2.45) is 5.84 Å². The number of nitrogen functional groups attached to an aromatic ring is 1. The molecule has 1 aromatic heterocycles. The molecule has 0 saturated carbocycles. The van der Waals surface area contributed by atoms with Crippen LogP contribution in [-0.2, 0) is 0 Å². The molecule has 0 spiro atoms. The molecular weight excluding hydrogens is 260 g/mol. The SMILES string of the molecule is CCCOc1nc(NN)nc(N(CCCO)C(C)C)n1. The molecule has 0 aliphatic heterocycles. The van der Waals surface area contributed by atoms with Crippen LogP contribution < -0.4 is 20.9 Å². The van der Waals surface area contributed by atoms with Gasteiger partial charge in [-0.05, 0) is 26.7 Å². The third-order valence-electron chi connectivity index (χ3n) is 2.60. The summed E-state index contributed by atoms with van der Waals surface area (Å²) >= 11 is 0. The Balaban J connectivity index is 2.99. The predicted molar refractivity (Wildman–Crippen MR) is 77.6 cm³/mol. The highest BCUT2D eigenvalue weighted by molar-refractivity contribution is 5.38. The van der Waals surface area contributed by atoms with Crippen LogP contribution in [0.15, 0.2) is 0 Å². The Morgan fingerprint density at radius 1 is 1.35 bits per heavy atom. The molecule has 0 atom stereocenters. The van der Waals surface area contributed by atoms with E-state index in [9.17, 15) is 0 Å². The van der Waals surface area contributed by atoms with Crippen molar-refractivity contribution in [2.45, 2.75) is 39.7 Å². The molecule has 0 unspecified atom stereocenters. The van der Waals surface area contributed by atoms with E-state index in [1.54, 1.807) is 0 Å². The van der Waals surface area contributed by atoms with Gasteiger partial charge in [0.15, 0.2) is 0 Å². The van der Waals surface area contributed by atoms with E-state index in [1.165, 1.54) is 0 Å². The first kappa shape index (κ1) is 16.4. The number of nitrogens with one attached hydrogen (secondary N) is 1. The van der Waals surface area contributed by atoms with Gasteiger partial charge in [0.2, 0.25) is 11.9 Å². The van der Waals surface area contributed by atoms with Crippen LogP contribution in [0.3, 0.4) is 0 Å². The van der Waals surface area contributed by atoms with Gasteiger partial charge in [-0.1, -0.05) is 6.92 Å². The largest absolute Gasteiger partial charge is 0.463 e. The molecule has 0 fully saturated rings. The van der Waals surface area contributed by atoms with Crippen LogP contribution in [-0.4, -0.2) is 45.9 Å². The lowest BCUT2D eigenvalue weighted by Crippen LogP contribution is -2.34. The number of nitrogens with two attached hydrogens (primary N) is 1. The summed E-state index contributed by atoms with van der Waals surface area (Å²) in [6, 6.07) is 0.438. The summed E-state index contributed by atoms with van der Waals surface area (Å²) in [7, 11) is 0. The van der Waals surface area contributed by atoms with Crippen molar-refractivity contribution in [3.63, 3.8) is 0 Å². The Morgan fingerprint density at radius 3 is 2.65 bits per heavy atom. The third kappa shape index (κ3) is 4.78. The van der Waals surface area contributed by atoms with Crippen LogP contribution in [0.5, 0.6) is 6.01 Å². The fraction of sp³-hybridized carbons (Fsp3) is 0.750. The minimum Gasteiger partial charge on any atom is -0.463 e. The van der Waals surface area contributed by atoms with Crippen molar-refractivity contribution in [1.82, 2.24) is 15.0 Å². The number of rotatable bonds is 9. The Hall–Kier alpha value is -1.67. The molecule has 4 N–H and O–H groups in total. The molecule has 1 heterocycles. The summed E-state index contributed by atoms with van der Waals surface area (Å²) in [6.45, 7) is 7.37. The standard InChI is InChI=1S/C12H24N6O2/c1-4-8-20-12-15-10(17-13)14-11(16-12)18(9(2)3)6-5-7-19/h9,19H,4-8,13H2,1-3H3,(H,14,15,16,17). The average molecular weight is 284 g/mol. The third-order valence-corrected chi connectivity index (χ3v) is 2.60. The minimum atomic E-state index is 0.121. The molecule has 0 saturated heterocycles. The molecule has 0 aromatic carbocycles. The van der Waals surface area contributed by atoms with Crippen molar-refractivity contribution < 1.29 is 9.84 Å². The number of hydrogen-bond donors (Lipinski definition) is 3. The number of aromatic nitrogens is 3. The number of ether oxygens (including phenoxy) is 1. The predicted octanol–water partition coefficient (Wildman–Crippen LogP) is 0.543. The number of anilines is 2. The zero-order valence-corrected chi connectivity index (χ0v) is 12.3. The lowest BCUT2D eigenvalue weighted by atomic mass is 10.3. The van der Waals surface area contributed by atoms with E-state index in [4.69, 9.17) is 15.7 Å². The van der Waals surface area contributed by atoms with Gasteiger partial charge < -0.3 is 14.7 Å². The minimum absolute atomic E-state index is 0.121. The molecule has 0 aliphatic rings. The maximum absolute atomic E-state index is 8.98.